The number of nitro benzene ring substituents is 1. The third-order valence-electron chi connectivity index (χ3n) is 2.77. The van der Waals surface area contributed by atoms with Crippen LogP contribution in [0.3, 0.4) is 0 Å². The zero-order valence-corrected chi connectivity index (χ0v) is 11.4. The third kappa shape index (κ3) is 3.38. The molecule has 1 atom stereocenters. The first-order valence-corrected chi connectivity index (χ1v) is 6.10. The molecule has 0 fully saturated rings. The van der Waals surface area contributed by atoms with E-state index in [1.165, 1.54) is 37.4 Å². The second-order valence-electron chi connectivity index (χ2n) is 4.20. The molecular weight excluding hydrogens is 278 g/mol. The summed E-state index contributed by atoms with van der Waals surface area (Å²) in [6.45, 7) is 1.74. The average molecular weight is 291 g/mol. The van der Waals surface area contributed by atoms with Crippen LogP contribution in [0, 0.1) is 10.1 Å². The molecule has 0 radical (unpaired) electrons. The summed E-state index contributed by atoms with van der Waals surface area (Å²) in [7, 11) is 1.27. The minimum absolute atomic E-state index is 0.0130. The largest absolute Gasteiger partial charge is 0.483 e. The highest BCUT2D eigenvalue weighted by Crippen LogP contribution is 2.25. The SMILES string of the molecule is COC(=O)c1ccc(C(C)Oc2ccc([N+](=O)[O-])cc2)o1. The van der Waals surface area contributed by atoms with Crippen molar-refractivity contribution in [3.05, 3.63) is 58.0 Å². The van der Waals surface area contributed by atoms with Gasteiger partial charge in [0.1, 0.15) is 11.5 Å². The summed E-state index contributed by atoms with van der Waals surface area (Å²) in [6, 6.07) is 8.81. The van der Waals surface area contributed by atoms with Gasteiger partial charge in [0, 0.05) is 12.1 Å². The molecule has 7 nitrogen and oxygen atoms in total. The van der Waals surface area contributed by atoms with Gasteiger partial charge in [-0.15, -0.1) is 0 Å². The van der Waals surface area contributed by atoms with E-state index in [1.54, 1.807) is 13.0 Å². The molecule has 1 heterocycles. The maximum Gasteiger partial charge on any atom is 0.373 e. The number of carbonyl (C=O) groups excluding carboxylic acids is 1. The Morgan fingerprint density at radius 2 is 1.90 bits per heavy atom. The molecule has 0 spiro atoms. The molecule has 1 unspecified atom stereocenters. The van der Waals surface area contributed by atoms with Gasteiger partial charge in [0.15, 0.2) is 6.10 Å². The Labute approximate surface area is 120 Å². The quantitative estimate of drug-likeness (QED) is 0.477. The number of esters is 1. The van der Waals surface area contributed by atoms with Crippen molar-refractivity contribution in [3.63, 3.8) is 0 Å². The van der Waals surface area contributed by atoms with E-state index in [9.17, 15) is 14.9 Å². The summed E-state index contributed by atoms with van der Waals surface area (Å²) in [5.41, 5.74) is -0.0130. The van der Waals surface area contributed by atoms with Gasteiger partial charge >= 0.3 is 5.97 Å². The van der Waals surface area contributed by atoms with Gasteiger partial charge in [0.2, 0.25) is 5.76 Å². The number of hydrogen-bond donors (Lipinski definition) is 0. The zero-order chi connectivity index (χ0) is 15.4. The molecule has 1 aromatic heterocycles. The Morgan fingerprint density at radius 1 is 1.24 bits per heavy atom. The zero-order valence-electron chi connectivity index (χ0n) is 11.4. The first kappa shape index (κ1) is 14.6. The first-order chi connectivity index (χ1) is 10.0. The second kappa shape index (κ2) is 6.08. The summed E-state index contributed by atoms with van der Waals surface area (Å²) in [5.74, 6) is 0.438. The van der Waals surface area contributed by atoms with Crippen LogP contribution in [0.15, 0.2) is 40.8 Å². The summed E-state index contributed by atoms with van der Waals surface area (Å²) in [5, 5.41) is 10.6. The minimum Gasteiger partial charge on any atom is -0.483 e. The molecule has 2 rings (SSSR count). The average Bonchev–Trinajstić information content (AvgIpc) is 2.97. The fraction of sp³-hybridized carbons (Fsp3) is 0.214. The van der Waals surface area contributed by atoms with Crippen LogP contribution in [0.25, 0.3) is 0 Å². The monoisotopic (exact) mass is 291 g/mol. The van der Waals surface area contributed by atoms with Crippen LogP contribution in [0.1, 0.15) is 29.3 Å². The van der Waals surface area contributed by atoms with Crippen LogP contribution in [0.5, 0.6) is 5.75 Å². The lowest BCUT2D eigenvalue weighted by Crippen LogP contribution is -2.02. The molecule has 7 heteroatoms. The highest BCUT2D eigenvalue weighted by molar-refractivity contribution is 5.86. The molecule has 0 aliphatic carbocycles. The fourth-order valence-corrected chi connectivity index (χ4v) is 1.69. The van der Waals surface area contributed by atoms with E-state index in [0.717, 1.165) is 0 Å². The molecule has 0 amide bonds. The van der Waals surface area contributed by atoms with Gasteiger partial charge in [0.25, 0.3) is 5.69 Å². The van der Waals surface area contributed by atoms with Crippen LogP contribution in [0.2, 0.25) is 0 Å². The van der Waals surface area contributed by atoms with Crippen molar-refractivity contribution in [1.29, 1.82) is 0 Å². The summed E-state index contributed by atoms with van der Waals surface area (Å²) >= 11 is 0. The fourth-order valence-electron chi connectivity index (χ4n) is 1.69. The van der Waals surface area contributed by atoms with Crippen molar-refractivity contribution in [2.45, 2.75) is 13.0 Å². The van der Waals surface area contributed by atoms with Crippen molar-refractivity contribution in [3.8, 4) is 5.75 Å². The maximum atomic E-state index is 11.3. The van der Waals surface area contributed by atoms with Crippen molar-refractivity contribution >= 4 is 11.7 Å². The molecule has 110 valence electrons. The highest BCUT2D eigenvalue weighted by Gasteiger charge is 2.16. The number of nitrogens with zero attached hydrogens (tertiary/aromatic N) is 1. The number of furan rings is 1. The van der Waals surface area contributed by atoms with Crippen molar-refractivity contribution < 1.29 is 23.6 Å². The van der Waals surface area contributed by atoms with Gasteiger partial charge in [0.05, 0.1) is 12.0 Å². The van der Waals surface area contributed by atoms with Gasteiger partial charge in [-0.2, -0.15) is 0 Å². The third-order valence-corrected chi connectivity index (χ3v) is 2.77. The minimum atomic E-state index is -0.566. The number of nitro groups is 1. The van der Waals surface area contributed by atoms with Gasteiger partial charge in [-0.1, -0.05) is 0 Å². The van der Waals surface area contributed by atoms with Gasteiger partial charge in [-0.3, -0.25) is 10.1 Å². The molecule has 1 aromatic carbocycles. The van der Waals surface area contributed by atoms with E-state index in [4.69, 9.17) is 9.15 Å². The highest BCUT2D eigenvalue weighted by atomic mass is 16.6. The van der Waals surface area contributed by atoms with Crippen molar-refractivity contribution in [2.24, 2.45) is 0 Å². The second-order valence-corrected chi connectivity index (χ2v) is 4.20. The van der Waals surface area contributed by atoms with E-state index >= 15 is 0 Å². The van der Waals surface area contributed by atoms with E-state index < -0.39 is 17.0 Å². The molecule has 2 aromatic rings. The lowest BCUT2D eigenvalue weighted by atomic mass is 10.3. The molecule has 0 bridgehead atoms. The van der Waals surface area contributed by atoms with Gasteiger partial charge in [-0.05, 0) is 31.2 Å². The number of rotatable bonds is 5. The molecule has 0 saturated heterocycles. The first-order valence-electron chi connectivity index (χ1n) is 6.10. The molecule has 0 aliphatic heterocycles. The van der Waals surface area contributed by atoms with Crippen LogP contribution in [-0.2, 0) is 4.74 Å². The van der Waals surface area contributed by atoms with E-state index in [0.29, 0.717) is 11.5 Å². The standard InChI is InChI=1S/C14H13NO6/c1-9(12-7-8-13(21-12)14(16)19-2)20-11-5-3-10(4-6-11)15(17)18/h3-9H,1-2H3. The lowest BCUT2D eigenvalue weighted by Gasteiger charge is -2.12. The van der Waals surface area contributed by atoms with Gasteiger partial charge < -0.3 is 13.9 Å². The van der Waals surface area contributed by atoms with E-state index in [2.05, 4.69) is 4.74 Å². The normalized spacial score (nSPS) is 11.7. The van der Waals surface area contributed by atoms with Crippen LogP contribution in [-0.4, -0.2) is 18.0 Å². The molecule has 0 aliphatic rings. The Bertz CT molecular complexity index is 646. The molecule has 0 N–H and O–H groups in total. The van der Waals surface area contributed by atoms with Gasteiger partial charge in [-0.25, -0.2) is 4.79 Å². The lowest BCUT2D eigenvalue weighted by molar-refractivity contribution is -0.384. The predicted molar refractivity (Wildman–Crippen MR) is 72.2 cm³/mol. The summed E-state index contributed by atoms with van der Waals surface area (Å²) < 4.78 is 15.5. The van der Waals surface area contributed by atoms with Crippen molar-refractivity contribution in [2.75, 3.05) is 7.11 Å². The number of methoxy groups -OCH3 is 1. The van der Waals surface area contributed by atoms with E-state index in [1.807, 2.05) is 0 Å². The van der Waals surface area contributed by atoms with Crippen LogP contribution >= 0.6 is 0 Å². The number of benzene rings is 1. The Kier molecular flexibility index (Phi) is 4.22. The number of hydrogen-bond acceptors (Lipinski definition) is 6. The molecule has 0 saturated carbocycles. The molecular formula is C14H13NO6. The number of non-ortho nitro benzene ring substituents is 1. The predicted octanol–water partition coefficient (Wildman–Crippen LogP) is 3.11. The molecule has 21 heavy (non-hydrogen) atoms. The summed E-state index contributed by atoms with van der Waals surface area (Å²) in [4.78, 5) is 21.4. The Morgan fingerprint density at radius 3 is 2.48 bits per heavy atom. The summed E-state index contributed by atoms with van der Waals surface area (Å²) in [6.07, 6.45) is -0.454. The maximum absolute atomic E-state index is 11.3. The van der Waals surface area contributed by atoms with Crippen LogP contribution in [0.4, 0.5) is 5.69 Å². The van der Waals surface area contributed by atoms with E-state index in [-0.39, 0.29) is 11.4 Å². The Hall–Kier alpha value is -2.83. The topological polar surface area (TPSA) is 91.8 Å². The smallest absolute Gasteiger partial charge is 0.373 e. The Balaban J connectivity index is 2.07. The van der Waals surface area contributed by atoms with Crippen LogP contribution < -0.4 is 4.74 Å². The number of carbonyl (C=O) groups is 1. The number of ether oxygens (including phenoxy) is 2. The van der Waals surface area contributed by atoms with Crippen molar-refractivity contribution in [1.82, 2.24) is 0 Å².